The van der Waals surface area contributed by atoms with Crippen LogP contribution in [0.15, 0.2) is 63.8 Å². The van der Waals surface area contributed by atoms with Gasteiger partial charge in [-0.25, -0.2) is 4.79 Å². The molecule has 6 heteroatoms. The second-order valence-electron chi connectivity index (χ2n) is 8.09. The number of nitrogens with one attached hydrogen (secondary N) is 1. The summed E-state index contributed by atoms with van der Waals surface area (Å²) in [6.07, 6.45) is 3.97. The van der Waals surface area contributed by atoms with Crippen molar-refractivity contribution in [2.45, 2.75) is 44.3 Å². The van der Waals surface area contributed by atoms with Crippen molar-refractivity contribution in [3.05, 3.63) is 81.9 Å². The molecule has 0 radical (unpaired) electrons. The molecule has 0 unspecified atom stereocenters. The molecule has 1 heterocycles. The maximum Gasteiger partial charge on any atom is 0.344 e. The van der Waals surface area contributed by atoms with E-state index in [0.717, 1.165) is 31.2 Å². The summed E-state index contributed by atoms with van der Waals surface area (Å²) >= 11 is 0. The molecular formula is C24H22N2O4. The van der Waals surface area contributed by atoms with Crippen molar-refractivity contribution in [1.82, 2.24) is 10.2 Å². The van der Waals surface area contributed by atoms with Gasteiger partial charge in [0.2, 0.25) is 0 Å². The van der Waals surface area contributed by atoms with E-state index in [9.17, 15) is 14.4 Å². The van der Waals surface area contributed by atoms with Crippen molar-refractivity contribution in [3.63, 3.8) is 0 Å². The van der Waals surface area contributed by atoms with Crippen molar-refractivity contribution < 1.29 is 14.0 Å². The zero-order chi connectivity index (χ0) is 20.7. The SMILES string of the molecule is O=C(NC1CC1)c1ccc(CN(C(=O)c2cc3ccccc3c(=O)o2)C2CC2)cc1. The fraction of sp³-hybridized carbons (Fsp3) is 0.292. The average molecular weight is 402 g/mol. The molecular weight excluding hydrogens is 380 g/mol. The number of carbonyl (C=O) groups is 2. The summed E-state index contributed by atoms with van der Waals surface area (Å²) in [5.41, 5.74) is 1.05. The van der Waals surface area contributed by atoms with Crippen LogP contribution in [0.3, 0.4) is 0 Å². The molecule has 2 aliphatic carbocycles. The van der Waals surface area contributed by atoms with E-state index in [1.807, 2.05) is 18.2 Å². The summed E-state index contributed by atoms with van der Waals surface area (Å²) < 4.78 is 5.34. The van der Waals surface area contributed by atoms with Crippen LogP contribution >= 0.6 is 0 Å². The number of benzene rings is 2. The maximum atomic E-state index is 13.2. The first kappa shape index (κ1) is 18.6. The van der Waals surface area contributed by atoms with Gasteiger partial charge < -0.3 is 14.6 Å². The number of nitrogens with zero attached hydrogens (tertiary/aromatic N) is 1. The minimum absolute atomic E-state index is 0.0582. The first-order valence-corrected chi connectivity index (χ1v) is 10.3. The van der Waals surface area contributed by atoms with Crippen molar-refractivity contribution >= 4 is 22.6 Å². The summed E-state index contributed by atoms with van der Waals surface area (Å²) in [5.74, 6) is -0.279. The van der Waals surface area contributed by atoms with Gasteiger partial charge in [0.15, 0.2) is 5.76 Å². The lowest BCUT2D eigenvalue weighted by atomic mass is 10.1. The predicted molar refractivity (Wildman–Crippen MR) is 112 cm³/mol. The Morgan fingerprint density at radius 3 is 2.43 bits per heavy atom. The largest absolute Gasteiger partial charge is 0.417 e. The van der Waals surface area contributed by atoms with Crippen LogP contribution < -0.4 is 10.9 Å². The average Bonchev–Trinajstić information content (AvgIpc) is 3.67. The van der Waals surface area contributed by atoms with Gasteiger partial charge in [0.1, 0.15) is 0 Å². The lowest BCUT2D eigenvalue weighted by Gasteiger charge is -2.22. The van der Waals surface area contributed by atoms with Crippen molar-refractivity contribution in [2.75, 3.05) is 0 Å². The molecule has 0 spiro atoms. The van der Waals surface area contributed by atoms with Crippen LogP contribution in [0.4, 0.5) is 0 Å². The van der Waals surface area contributed by atoms with Crippen LogP contribution in [-0.4, -0.2) is 28.8 Å². The number of hydrogen-bond acceptors (Lipinski definition) is 4. The van der Waals surface area contributed by atoms with Gasteiger partial charge in [0.05, 0.1) is 5.39 Å². The van der Waals surface area contributed by atoms with Crippen LogP contribution in [0.25, 0.3) is 10.8 Å². The summed E-state index contributed by atoms with van der Waals surface area (Å²) in [4.78, 5) is 39.4. The molecule has 6 nitrogen and oxygen atoms in total. The quantitative estimate of drug-likeness (QED) is 0.685. The van der Waals surface area contributed by atoms with E-state index >= 15 is 0 Å². The molecule has 2 fully saturated rings. The molecule has 2 amide bonds. The molecule has 2 saturated carbocycles. The predicted octanol–water partition coefficient (Wildman–Crippen LogP) is 3.49. The Labute approximate surface area is 173 Å². The molecule has 3 aromatic rings. The Hall–Kier alpha value is -3.41. The molecule has 5 rings (SSSR count). The lowest BCUT2D eigenvalue weighted by Crippen LogP contribution is -2.33. The number of amides is 2. The highest BCUT2D eigenvalue weighted by Gasteiger charge is 2.34. The van der Waals surface area contributed by atoms with Crippen LogP contribution in [0, 0.1) is 0 Å². The van der Waals surface area contributed by atoms with Gasteiger partial charge in [-0.05, 0) is 60.9 Å². The molecule has 0 atom stereocenters. The van der Waals surface area contributed by atoms with E-state index in [0.29, 0.717) is 28.9 Å². The monoisotopic (exact) mass is 402 g/mol. The highest BCUT2D eigenvalue weighted by molar-refractivity contribution is 5.96. The smallest absolute Gasteiger partial charge is 0.344 e. The van der Waals surface area contributed by atoms with E-state index < -0.39 is 5.63 Å². The Balaban J connectivity index is 1.36. The zero-order valence-electron chi connectivity index (χ0n) is 16.5. The minimum atomic E-state index is -0.502. The van der Waals surface area contributed by atoms with Crippen LogP contribution in [0.2, 0.25) is 0 Å². The summed E-state index contributed by atoms with van der Waals surface area (Å²) in [6.45, 7) is 0.407. The molecule has 0 aliphatic heterocycles. The van der Waals surface area contributed by atoms with Gasteiger partial charge in [-0.15, -0.1) is 0 Å². The minimum Gasteiger partial charge on any atom is -0.417 e. The van der Waals surface area contributed by atoms with Gasteiger partial charge in [-0.2, -0.15) is 0 Å². The third kappa shape index (κ3) is 3.85. The molecule has 2 aromatic carbocycles. The molecule has 1 aromatic heterocycles. The van der Waals surface area contributed by atoms with Crippen molar-refractivity contribution in [2.24, 2.45) is 0 Å². The molecule has 2 aliphatic rings. The highest BCUT2D eigenvalue weighted by atomic mass is 16.4. The summed E-state index contributed by atoms with van der Waals surface area (Å²) in [7, 11) is 0. The Morgan fingerprint density at radius 1 is 1.00 bits per heavy atom. The molecule has 0 bridgehead atoms. The van der Waals surface area contributed by atoms with Crippen LogP contribution in [-0.2, 0) is 6.54 Å². The van der Waals surface area contributed by atoms with Crippen molar-refractivity contribution in [3.8, 4) is 0 Å². The van der Waals surface area contributed by atoms with E-state index in [4.69, 9.17) is 4.42 Å². The second-order valence-corrected chi connectivity index (χ2v) is 8.09. The second kappa shape index (κ2) is 7.44. The van der Waals surface area contributed by atoms with Crippen LogP contribution in [0.5, 0.6) is 0 Å². The fourth-order valence-corrected chi connectivity index (χ4v) is 3.59. The van der Waals surface area contributed by atoms with E-state index in [2.05, 4.69) is 5.32 Å². The number of hydrogen-bond donors (Lipinski definition) is 1. The molecule has 30 heavy (non-hydrogen) atoms. The Bertz CT molecular complexity index is 1170. The Morgan fingerprint density at radius 2 is 1.73 bits per heavy atom. The van der Waals surface area contributed by atoms with Gasteiger partial charge in [-0.1, -0.05) is 30.3 Å². The van der Waals surface area contributed by atoms with Gasteiger partial charge in [0, 0.05) is 24.2 Å². The summed E-state index contributed by atoms with van der Waals surface area (Å²) in [6, 6.07) is 16.5. The van der Waals surface area contributed by atoms with E-state index in [1.165, 1.54) is 0 Å². The standard InChI is InChI=1S/C24H22N2O4/c27-22(25-18-9-10-18)16-7-5-15(6-8-16)14-26(19-11-12-19)23(28)21-13-17-3-1-2-4-20(17)24(29)30-21/h1-8,13,18-19H,9-12,14H2,(H,25,27). The van der Waals surface area contributed by atoms with Gasteiger partial charge in [-0.3, -0.25) is 9.59 Å². The first-order chi connectivity index (χ1) is 14.6. The highest BCUT2D eigenvalue weighted by Crippen LogP contribution is 2.30. The zero-order valence-corrected chi connectivity index (χ0v) is 16.5. The fourth-order valence-electron chi connectivity index (χ4n) is 3.59. The first-order valence-electron chi connectivity index (χ1n) is 10.3. The molecule has 1 N–H and O–H groups in total. The molecule has 0 saturated heterocycles. The number of carbonyl (C=O) groups excluding carboxylic acids is 2. The Kier molecular flexibility index (Phi) is 4.62. The van der Waals surface area contributed by atoms with Gasteiger partial charge in [0.25, 0.3) is 11.8 Å². The third-order valence-corrected chi connectivity index (χ3v) is 5.61. The number of fused-ring (bicyclic) bond motifs is 1. The van der Waals surface area contributed by atoms with Gasteiger partial charge >= 0.3 is 5.63 Å². The van der Waals surface area contributed by atoms with E-state index in [-0.39, 0.29) is 23.6 Å². The summed E-state index contributed by atoms with van der Waals surface area (Å²) in [5, 5.41) is 4.13. The normalized spacial score (nSPS) is 15.7. The number of rotatable bonds is 6. The maximum absolute atomic E-state index is 13.2. The third-order valence-electron chi connectivity index (χ3n) is 5.61. The topological polar surface area (TPSA) is 79.6 Å². The van der Waals surface area contributed by atoms with Crippen LogP contribution in [0.1, 0.15) is 52.2 Å². The molecule has 152 valence electrons. The lowest BCUT2D eigenvalue weighted by molar-refractivity contribution is 0.0692. The van der Waals surface area contributed by atoms with E-state index in [1.54, 1.807) is 41.3 Å². The van der Waals surface area contributed by atoms with Crippen molar-refractivity contribution in [1.29, 1.82) is 0 Å².